The zero-order chi connectivity index (χ0) is 14.5. The molecule has 0 aromatic heterocycles. The molecule has 1 saturated heterocycles. The number of carbonyl (C=O) groups is 2. The van der Waals surface area contributed by atoms with E-state index < -0.39 is 17.6 Å². The standard InChI is InChI=1S/C14H18O6/c1-17-10-5-8-9-4-7(6-15)11(12(8)20-10)14(18-2,19-3)13(9)16/h4,6,8-12H,5H2,1-3H3/t8-,9+,10?,11-,12-/m0/s1. The van der Waals surface area contributed by atoms with Gasteiger partial charge in [-0.25, -0.2) is 0 Å². The van der Waals surface area contributed by atoms with Gasteiger partial charge in [0.05, 0.1) is 12.0 Å². The van der Waals surface area contributed by atoms with Gasteiger partial charge >= 0.3 is 0 Å². The minimum atomic E-state index is -1.43. The molecule has 0 N–H and O–H groups in total. The Morgan fingerprint density at radius 2 is 2.05 bits per heavy atom. The van der Waals surface area contributed by atoms with Crippen LogP contribution in [0.15, 0.2) is 11.6 Å². The van der Waals surface area contributed by atoms with Crippen molar-refractivity contribution < 1.29 is 28.5 Å². The Bertz CT molecular complexity index is 466. The van der Waals surface area contributed by atoms with E-state index in [1.54, 1.807) is 13.2 Å². The van der Waals surface area contributed by atoms with Crippen LogP contribution < -0.4 is 0 Å². The summed E-state index contributed by atoms with van der Waals surface area (Å²) in [7, 11) is 4.41. The first-order chi connectivity index (χ1) is 9.62. The number of fused-ring (bicyclic) bond motifs is 1. The number of hydrogen-bond donors (Lipinski definition) is 0. The average molecular weight is 282 g/mol. The first-order valence-corrected chi connectivity index (χ1v) is 6.62. The summed E-state index contributed by atoms with van der Waals surface area (Å²) in [5.41, 5.74) is 0.510. The predicted molar refractivity (Wildman–Crippen MR) is 66.7 cm³/mol. The first-order valence-electron chi connectivity index (χ1n) is 6.62. The fraction of sp³-hybridized carbons (Fsp3) is 0.714. The largest absolute Gasteiger partial charge is 0.356 e. The van der Waals surface area contributed by atoms with Crippen molar-refractivity contribution in [2.45, 2.75) is 24.6 Å². The summed E-state index contributed by atoms with van der Waals surface area (Å²) in [5, 5.41) is 0. The summed E-state index contributed by atoms with van der Waals surface area (Å²) < 4.78 is 21.9. The van der Waals surface area contributed by atoms with E-state index in [2.05, 4.69) is 0 Å². The monoisotopic (exact) mass is 282 g/mol. The lowest BCUT2D eigenvalue weighted by Gasteiger charge is -2.51. The number of allylic oxidation sites excluding steroid dienone is 1. The molecule has 1 heterocycles. The van der Waals surface area contributed by atoms with E-state index in [0.717, 1.165) is 6.29 Å². The zero-order valence-corrected chi connectivity index (χ0v) is 11.7. The number of Topliss-reactive ketones (excluding diaryl/α,β-unsaturated/α-hetero) is 1. The van der Waals surface area contributed by atoms with Crippen molar-refractivity contribution in [2.75, 3.05) is 21.3 Å². The number of carbonyl (C=O) groups excluding carboxylic acids is 2. The maximum atomic E-state index is 12.7. The smallest absolute Gasteiger partial charge is 0.238 e. The molecule has 0 aromatic carbocycles. The van der Waals surface area contributed by atoms with Gasteiger partial charge in [0.2, 0.25) is 5.79 Å². The number of ketones is 1. The molecule has 6 nitrogen and oxygen atoms in total. The Morgan fingerprint density at radius 1 is 1.35 bits per heavy atom. The van der Waals surface area contributed by atoms with Crippen molar-refractivity contribution in [1.82, 2.24) is 0 Å². The summed E-state index contributed by atoms with van der Waals surface area (Å²) >= 11 is 0. The van der Waals surface area contributed by atoms with Gasteiger partial charge in [-0.15, -0.1) is 0 Å². The van der Waals surface area contributed by atoms with Crippen LogP contribution >= 0.6 is 0 Å². The molecule has 0 radical (unpaired) electrons. The second-order valence-electron chi connectivity index (χ2n) is 5.39. The van der Waals surface area contributed by atoms with Crippen LogP contribution in [0.4, 0.5) is 0 Å². The van der Waals surface area contributed by atoms with Gasteiger partial charge in [-0.05, 0) is 0 Å². The van der Waals surface area contributed by atoms with Crippen molar-refractivity contribution in [3.8, 4) is 0 Å². The number of ether oxygens (including phenoxy) is 4. The molecule has 0 aromatic rings. The third-order valence-electron chi connectivity index (χ3n) is 4.78. The third kappa shape index (κ3) is 1.53. The lowest BCUT2D eigenvalue weighted by molar-refractivity contribution is -0.262. The van der Waals surface area contributed by atoms with Crippen LogP contribution in [0.1, 0.15) is 6.42 Å². The van der Waals surface area contributed by atoms with Crippen LogP contribution in [0.25, 0.3) is 0 Å². The zero-order valence-electron chi connectivity index (χ0n) is 11.7. The lowest BCUT2D eigenvalue weighted by Crippen LogP contribution is -2.65. The normalized spacial score (nSPS) is 41.5. The van der Waals surface area contributed by atoms with Gasteiger partial charge in [0.15, 0.2) is 12.1 Å². The van der Waals surface area contributed by atoms with E-state index in [0.29, 0.717) is 12.0 Å². The molecule has 2 bridgehead atoms. The van der Waals surface area contributed by atoms with E-state index >= 15 is 0 Å². The molecule has 1 aliphatic heterocycles. The molecule has 4 aliphatic rings. The van der Waals surface area contributed by atoms with Crippen LogP contribution in [-0.4, -0.2) is 51.6 Å². The fourth-order valence-electron chi connectivity index (χ4n) is 3.88. The molecular weight excluding hydrogens is 264 g/mol. The van der Waals surface area contributed by atoms with Crippen molar-refractivity contribution >= 4 is 12.1 Å². The number of hydrogen-bond acceptors (Lipinski definition) is 6. The fourth-order valence-corrected chi connectivity index (χ4v) is 3.88. The van der Waals surface area contributed by atoms with Crippen molar-refractivity contribution in [3.05, 3.63) is 11.6 Å². The van der Waals surface area contributed by atoms with Gasteiger partial charge in [-0.2, -0.15) is 0 Å². The molecule has 0 spiro atoms. The van der Waals surface area contributed by atoms with E-state index in [1.165, 1.54) is 14.2 Å². The van der Waals surface area contributed by atoms with Crippen molar-refractivity contribution in [3.63, 3.8) is 0 Å². The molecule has 3 aliphatic carbocycles. The summed E-state index contributed by atoms with van der Waals surface area (Å²) in [6.07, 6.45) is 2.48. The van der Waals surface area contributed by atoms with E-state index in [9.17, 15) is 9.59 Å². The summed E-state index contributed by atoms with van der Waals surface area (Å²) in [6, 6.07) is 0. The van der Waals surface area contributed by atoms with Gasteiger partial charge in [-0.3, -0.25) is 9.59 Å². The second kappa shape index (κ2) is 4.73. The maximum absolute atomic E-state index is 12.7. The topological polar surface area (TPSA) is 71.1 Å². The molecule has 1 unspecified atom stereocenters. The van der Waals surface area contributed by atoms with Crippen LogP contribution in [0.2, 0.25) is 0 Å². The molecule has 1 saturated carbocycles. The van der Waals surface area contributed by atoms with Crippen LogP contribution in [0.5, 0.6) is 0 Å². The van der Waals surface area contributed by atoms with E-state index in [4.69, 9.17) is 18.9 Å². The predicted octanol–water partition coefficient (Wildman–Crippen LogP) is 0.307. The van der Waals surface area contributed by atoms with Gasteiger partial charge in [0.25, 0.3) is 0 Å². The van der Waals surface area contributed by atoms with Crippen LogP contribution in [0, 0.1) is 17.8 Å². The highest BCUT2D eigenvalue weighted by Crippen LogP contribution is 2.54. The van der Waals surface area contributed by atoms with E-state index in [1.807, 2.05) is 0 Å². The molecule has 110 valence electrons. The Labute approximate surface area is 117 Å². The molecule has 0 amide bonds. The molecular formula is C14H18O6. The van der Waals surface area contributed by atoms with Crippen molar-refractivity contribution in [2.24, 2.45) is 17.8 Å². The number of rotatable bonds is 4. The summed E-state index contributed by atoms with van der Waals surface area (Å²) in [4.78, 5) is 24.0. The highest BCUT2D eigenvalue weighted by molar-refractivity contribution is 5.96. The summed E-state index contributed by atoms with van der Waals surface area (Å²) in [5.74, 6) is -2.53. The third-order valence-corrected chi connectivity index (χ3v) is 4.78. The SMILES string of the molecule is COC1C[C@@H]2[C@H](O1)[C@@H]1C(C=O)=C[C@H]2C(=O)C1(OC)OC. The van der Waals surface area contributed by atoms with Crippen LogP contribution in [-0.2, 0) is 28.5 Å². The molecule has 4 rings (SSSR count). The van der Waals surface area contributed by atoms with Gasteiger partial charge in [0.1, 0.15) is 6.29 Å². The summed E-state index contributed by atoms with van der Waals surface area (Å²) in [6.45, 7) is 0. The van der Waals surface area contributed by atoms with Gasteiger partial charge in [0, 0.05) is 45.2 Å². The lowest BCUT2D eigenvalue weighted by atomic mass is 9.60. The second-order valence-corrected chi connectivity index (χ2v) is 5.39. The average Bonchev–Trinajstić information content (AvgIpc) is 2.92. The van der Waals surface area contributed by atoms with Crippen molar-refractivity contribution in [1.29, 1.82) is 0 Å². The van der Waals surface area contributed by atoms with Gasteiger partial charge in [-0.1, -0.05) is 6.08 Å². The minimum Gasteiger partial charge on any atom is -0.356 e. The Morgan fingerprint density at radius 3 is 2.60 bits per heavy atom. The Hall–Kier alpha value is -1.08. The number of methoxy groups -OCH3 is 3. The highest BCUT2D eigenvalue weighted by Gasteiger charge is 2.66. The minimum absolute atomic E-state index is 0.0135. The Kier molecular flexibility index (Phi) is 3.29. The Balaban J connectivity index is 2.08. The van der Waals surface area contributed by atoms with Crippen LogP contribution in [0.3, 0.4) is 0 Å². The van der Waals surface area contributed by atoms with E-state index in [-0.39, 0.29) is 24.1 Å². The highest BCUT2D eigenvalue weighted by atomic mass is 16.7. The molecule has 5 atom stereocenters. The first kappa shape index (κ1) is 13.9. The molecule has 2 fully saturated rings. The van der Waals surface area contributed by atoms with Gasteiger partial charge < -0.3 is 18.9 Å². The molecule has 20 heavy (non-hydrogen) atoms. The maximum Gasteiger partial charge on any atom is 0.238 e. The molecule has 6 heteroatoms. The number of aldehydes is 1. The quantitative estimate of drug-likeness (QED) is 0.546.